The Morgan fingerprint density at radius 3 is 2.13 bits per heavy atom. The molecule has 7 heteroatoms. The second kappa shape index (κ2) is 11.2. The van der Waals surface area contributed by atoms with Crippen molar-refractivity contribution in [2.75, 3.05) is 7.11 Å². The molecule has 31 heavy (non-hydrogen) atoms. The molecule has 0 bridgehead atoms. The monoisotopic (exact) mass is 418 g/mol. The van der Waals surface area contributed by atoms with Gasteiger partial charge in [-0.15, -0.1) is 0 Å². The van der Waals surface area contributed by atoms with Gasteiger partial charge in [-0.2, -0.15) is 0 Å². The van der Waals surface area contributed by atoms with Crippen molar-refractivity contribution >= 4 is 18.1 Å². The summed E-state index contributed by atoms with van der Waals surface area (Å²) < 4.78 is 15.5. The molecule has 0 aliphatic carbocycles. The van der Waals surface area contributed by atoms with E-state index in [0.717, 1.165) is 11.1 Å². The number of nitrogens with one attached hydrogen (secondary N) is 1. The van der Waals surface area contributed by atoms with Crippen molar-refractivity contribution in [3.05, 3.63) is 101 Å². The van der Waals surface area contributed by atoms with Crippen LogP contribution in [0.5, 0.6) is 5.88 Å². The summed E-state index contributed by atoms with van der Waals surface area (Å²) in [6, 6.07) is 22.3. The van der Waals surface area contributed by atoms with Crippen LogP contribution in [0.3, 0.4) is 0 Å². The van der Waals surface area contributed by atoms with Gasteiger partial charge in [0.05, 0.1) is 7.11 Å². The average molecular weight is 418 g/mol. The van der Waals surface area contributed by atoms with E-state index in [1.165, 1.54) is 19.4 Å². The zero-order valence-corrected chi connectivity index (χ0v) is 17.0. The second-order valence-electron chi connectivity index (χ2n) is 6.44. The van der Waals surface area contributed by atoms with Gasteiger partial charge in [-0.05, 0) is 28.8 Å². The molecule has 0 aliphatic heterocycles. The molecule has 0 spiro atoms. The van der Waals surface area contributed by atoms with Crippen molar-refractivity contribution in [1.29, 1.82) is 0 Å². The summed E-state index contributed by atoms with van der Waals surface area (Å²) >= 11 is 0. The van der Waals surface area contributed by atoms with Crippen molar-refractivity contribution in [3.63, 3.8) is 0 Å². The van der Waals surface area contributed by atoms with Gasteiger partial charge in [0.2, 0.25) is 5.88 Å². The van der Waals surface area contributed by atoms with Gasteiger partial charge in [0.15, 0.2) is 0 Å². The first kappa shape index (κ1) is 21.6. The standard InChI is InChI=1S/C24H22N2O5/c1-29-23(27)21(26-24(28)31-17-19-10-6-3-7-11-19)14-20-12-13-22(25-15-20)30-16-18-8-4-2-5-9-18/h2-15H,16-17H2,1H3,(H,26,28)/b21-14-. The summed E-state index contributed by atoms with van der Waals surface area (Å²) in [6.07, 6.45) is 2.21. The highest BCUT2D eigenvalue weighted by molar-refractivity contribution is 5.96. The van der Waals surface area contributed by atoms with Crippen LogP contribution < -0.4 is 10.1 Å². The maximum atomic E-state index is 12.1. The highest BCUT2D eigenvalue weighted by Crippen LogP contribution is 2.13. The molecule has 0 saturated carbocycles. The number of carbonyl (C=O) groups is 2. The number of ether oxygens (including phenoxy) is 3. The van der Waals surface area contributed by atoms with E-state index >= 15 is 0 Å². The lowest BCUT2D eigenvalue weighted by atomic mass is 10.2. The number of nitrogens with zero attached hydrogens (tertiary/aromatic N) is 1. The van der Waals surface area contributed by atoms with Crippen LogP contribution in [-0.2, 0) is 27.5 Å². The molecule has 1 heterocycles. The lowest BCUT2D eigenvalue weighted by Crippen LogP contribution is -2.28. The molecule has 3 aromatic rings. The van der Waals surface area contributed by atoms with Crippen LogP contribution in [0.4, 0.5) is 4.79 Å². The van der Waals surface area contributed by atoms with Crippen molar-refractivity contribution in [3.8, 4) is 5.88 Å². The third kappa shape index (κ3) is 7.01. The molecule has 0 radical (unpaired) electrons. The molecule has 0 aliphatic rings. The number of hydrogen-bond donors (Lipinski definition) is 1. The maximum absolute atomic E-state index is 12.1. The van der Waals surface area contributed by atoms with E-state index in [-0.39, 0.29) is 12.3 Å². The quantitative estimate of drug-likeness (QED) is 0.438. The number of esters is 1. The summed E-state index contributed by atoms with van der Waals surface area (Å²) in [5.74, 6) is -0.267. The number of amides is 1. The van der Waals surface area contributed by atoms with Gasteiger partial charge in [-0.25, -0.2) is 14.6 Å². The Balaban J connectivity index is 1.60. The first-order valence-corrected chi connectivity index (χ1v) is 9.54. The number of rotatable bonds is 8. The molecule has 0 unspecified atom stereocenters. The third-order valence-corrected chi connectivity index (χ3v) is 4.15. The lowest BCUT2D eigenvalue weighted by molar-refractivity contribution is -0.136. The van der Waals surface area contributed by atoms with Crippen LogP contribution in [0.1, 0.15) is 16.7 Å². The summed E-state index contributed by atoms with van der Waals surface area (Å²) in [4.78, 5) is 28.4. The Morgan fingerprint density at radius 2 is 1.55 bits per heavy atom. The molecule has 3 rings (SSSR count). The molecular weight excluding hydrogens is 396 g/mol. The number of aromatic nitrogens is 1. The van der Waals surface area contributed by atoms with Gasteiger partial charge >= 0.3 is 12.1 Å². The van der Waals surface area contributed by atoms with E-state index in [0.29, 0.717) is 18.1 Å². The average Bonchev–Trinajstić information content (AvgIpc) is 2.82. The van der Waals surface area contributed by atoms with Crippen molar-refractivity contribution in [2.45, 2.75) is 13.2 Å². The van der Waals surface area contributed by atoms with Crippen LogP contribution in [0, 0.1) is 0 Å². The molecule has 158 valence electrons. The molecule has 1 N–H and O–H groups in total. The molecular formula is C24H22N2O5. The van der Waals surface area contributed by atoms with Crippen LogP contribution >= 0.6 is 0 Å². The third-order valence-electron chi connectivity index (χ3n) is 4.15. The first-order valence-electron chi connectivity index (χ1n) is 9.54. The summed E-state index contributed by atoms with van der Waals surface area (Å²) in [5, 5.41) is 2.41. The van der Waals surface area contributed by atoms with Crippen LogP contribution in [0.2, 0.25) is 0 Å². The highest BCUT2D eigenvalue weighted by atomic mass is 16.6. The van der Waals surface area contributed by atoms with Crippen LogP contribution in [0.25, 0.3) is 6.08 Å². The Hall–Kier alpha value is -4.13. The number of benzene rings is 2. The summed E-state index contributed by atoms with van der Waals surface area (Å²) in [6.45, 7) is 0.474. The fraction of sp³-hybridized carbons (Fsp3) is 0.125. The number of alkyl carbamates (subject to hydrolysis) is 1. The van der Waals surface area contributed by atoms with Gasteiger partial charge in [0.1, 0.15) is 18.9 Å². The predicted octanol–water partition coefficient (Wildman–Crippen LogP) is 4.10. The molecule has 0 fully saturated rings. The molecule has 1 aromatic heterocycles. The van der Waals surface area contributed by atoms with Gasteiger partial charge in [0, 0.05) is 12.3 Å². The normalized spacial score (nSPS) is 10.8. The van der Waals surface area contributed by atoms with E-state index in [9.17, 15) is 9.59 Å². The van der Waals surface area contributed by atoms with Crippen molar-refractivity contribution in [1.82, 2.24) is 10.3 Å². The molecule has 7 nitrogen and oxygen atoms in total. The SMILES string of the molecule is COC(=O)/C(=C/c1ccc(OCc2ccccc2)nc1)NC(=O)OCc1ccccc1. The largest absolute Gasteiger partial charge is 0.473 e. The van der Waals surface area contributed by atoms with Gasteiger partial charge in [-0.1, -0.05) is 60.7 Å². The number of pyridine rings is 1. The topological polar surface area (TPSA) is 86.8 Å². The highest BCUT2D eigenvalue weighted by Gasteiger charge is 2.15. The minimum Gasteiger partial charge on any atom is -0.473 e. The fourth-order valence-electron chi connectivity index (χ4n) is 2.59. The molecule has 0 atom stereocenters. The minimum absolute atomic E-state index is 0.0692. The van der Waals surface area contributed by atoms with E-state index in [1.54, 1.807) is 12.1 Å². The predicted molar refractivity (Wildman–Crippen MR) is 115 cm³/mol. The molecule has 0 saturated heterocycles. The van der Waals surface area contributed by atoms with E-state index < -0.39 is 12.1 Å². The van der Waals surface area contributed by atoms with Gasteiger partial charge in [0.25, 0.3) is 0 Å². The molecule has 1 amide bonds. The van der Waals surface area contributed by atoms with Crippen molar-refractivity contribution < 1.29 is 23.8 Å². The van der Waals surface area contributed by atoms with Gasteiger partial charge < -0.3 is 14.2 Å². The number of carbonyl (C=O) groups excluding carboxylic acids is 2. The van der Waals surface area contributed by atoms with E-state index in [2.05, 4.69) is 10.3 Å². The maximum Gasteiger partial charge on any atom is 0.412 e. The first-order chi connectivity index (χ1) is 15.1. The zero-order valence-electron chi connectivity index (χ0n) is 17.0. The Labute approximate surface area is 180 Å². The van der Waals surface area contributed by atoms with Crippen molar-refractivity contribution in [2.24, 2.45) is 0 Å². The number of hydrogen-bond acceptors (Lipinski definition) is 6. The summed E-state index contributed by atoms with van der Waals surface area (Å²) in [5.41, 5.74) is 2.37. The second-order valence-corrected chi connectivity index (χ2v) is 6.44. The smallest absolute Gasteiger partial charge is 0.412 e. The minimum atomic E-state index is -0.767. The van der Waals surface area contributed by atoms with Crippen LogP contribution in [-0.4, -0.2) is 24.2 Å². The number of methoxy groups -OCH3 is 1. The fourth-order valence-corrected chi connectivity index (χ4v) is 2.59. The van der Waals surface area contributed by atoms with Crippen LogP contribution in [0.15, 0.2) is 84.7 Å². The zero-order chi connectivity index (χ0) is 21.9. The van der Waals surface area contributed by atoms with E-state index in [1.807, 2.05) is 60.7 Å². The molecule has 2 aromatic carbocycles. The van der Waals surface area contributed by atoms with E-state index in [4.69, 9.17) is 14.2 Å². The lowest BCUT2D eigenvalue weighted by Gasteiger charge is -2.10. The summed E-state index contributed by atoms with van der Waals surface area (Å²) in [7, 11) is 1.23. The van der Waals surface area contributed by atoms with Gasteiger partial charge in [-0.3, -0.25) is 5.32 Å². The Morgan fingerprint density at radius 1 is 0.903 bits per heavy atom. The Kier molecular flexibility index (Phi) is 7.77. The Bertz CT molecular complexity index is 1020.